The number of aromatic nitrogens is 1. The fourth-order valence-corrected chi connectivity index (χ4v) is 3.12. The molecule has 0 spiro atoms. The van der Waals surface area contributed by atoms with Crippen molar-refractivity contribution in [3.8, 4) is 5.75 Å². The highest BCUT2D eigenvalue weighted by Crippen LogP contribution is 2.37. The molecule has 0 fully saturated rings. The Kier molecular flexibility index (Phi) is 4.72. The molecule has 5 nitrogen and oxygen atoms in total. The first-order valence-corrected chi connectivity index (χ1v) is 8.44. The van der Waals surface area contributed by atoms with Gasteiger partial charge in [-0.15, -0.1) is 0 Å². The van der Waals surface area contributed by atoms with Gasteiger partial charge in [0.2, 0.25) is 0 Å². The van der Waals surface area contributed by atoms with Crippen LogP contribution in [0, 0.1) is 22.6 Å². The van der Waals surface area contributed by atoms with Crippen molar-refractivity contribution in [2.24, 2.45) is 11.7 Å². The van der Waals surface area contributed by atoms with E-state index in [2.05, 4.69) is 0 Å². The molecule has 6 heteroatoms. The Hall–Kier alpha value is -2.47. The highest BCUT2D eigenvalue weighted by Gasteiger charge is 2.27. The maximum absolute atomic E-state index is 13.5. The Morgan fingerprint density at radius 3 is 2.72 bits per heavy atom. The number of nitrogens with two attached hydrogens (primary N) is 1. The minimum Gasteiger partial charge on any atom is -0.484 e. The number of rotatable bonds is 3. The third-order valence-corrected chi connectivity index (χ3v) is 4.54. The molecule has 132 valence electrons. The number of ether oxygens (including phenoxy) is 1. The molecule has 1 aromatic heterocycles. The van der Waals surface area contributed by atoms with Crippen molar-refractivity contribution in [3.63, 3.8) is 0 Å². The van der Waals surface area contributed by atoms with Crippen LogP contribution < -0.4 is 16.0 Å². The van der Waals surface area contributed by atoms with Gasteiger partial charge in [-0.25, -0.2) is 4.39 Å². The number of pyridine rings is 1. The van der Waals surface area contributed by atoms with Crippen LogP contribution in [0.5, 0.6) is 5.75 Å². The second-order valence-corrected chi connectivity index (χ2v) is 6.72. The molecule has 0 bridgehead atoms. The zero-order valence-electron chi connectivity index (χ0n) is 14.4. The van der Waals surface area contributed by atoms with E-state index < -0.39 is 0 Å². The average molecular weight is 342 g/mol. The van der Waals surface area contributed by atoms with E-state index in [0.29, 0.717) is 11.6 Å². The summed E-state index contributed by atoms with van der Waals surface area (Å²) in [5.41, 5.74) is 8.04. The fraction of sp³-hybridized carbons (Fsp3) is 0.368. The molecule has 1 aromatic carbocycles. The Morgan fingerprint density at radius 2 is 2.00 bits per heavy atom. The second-order valence-electron chi connectivity index (χ2n) is 6.72. The highest BCUT2D eigenvalue weighted by atomic mass is 19.1. The summed E-state index contributed by atoms with van der Waals surface area (Å²) in [7, 11) is 0. The second kappa shape index (κ2) is 6.80. The van der Waals surface area contributed by atoms with Gasteiger partial charge < -0.3 is 10.5 Å². The number of halogens is 1. The molecule has 0 amide bonds. The maximum Gasteiger partial charge on any atom is 0.137 e. The topological polar surface area (TPSA) is 87.9 Å². The summed E-state index contributed by atoms with van der Waals surface area (Å²) in [6.45, 7) is 3.82. The molecule has 1 heterocycles. The van der Waals surface area contributed by atoms with Crippen molar-refractivity contribution in [1.82, 2.24) is 4.57 Å². The molecular formula is C19H23FN4O. The average Bonchev–Trinajstić information content (AvgIpc) is 2.58. The number of benzene rings is 1. The van der Waals surface area contributed by atoms with Crippen molar-refractivity contribution < 1.29 is 9.13 Å². The molecule has 1 aliphatic carbocycles. The van der Waals surface area contributed by atoms with Crippen LogP contribution in [0.3, 0.4) is 0 Å². The minimum absolute atomic E-state index is 0.000676. The standard InChI is InChI=1S/C19H23FN4O/c1-11(2)19(23)24-10-13(4-8-18(24)22)25-17-7-6-16(21)15-9-12(20)3-5-14(15)17/h3-5,8-11,16-17,22-23H,6-7,21H2,1-2H3/t16-,17+/m0/s1. The number of nitrogens with one attached hydrogen (secondary N) is 2. The predicted molar refractivity (Wildman–Crippen MR) is 94.2 cm³/mol. The lowest BCUT2D eigenvalue weighted by molar-refractivity contribution is 0.175. The van der Waals surface area contributed by atoms with E-state index in [1.807, 2.05) is 13.8 Å². The van der Waals surface area contributed by atoms with Crippen molar-refractivity contribution in [3.05, 3.63) is 59.0 Å². The molecule has 3 rings (SSSR count). The van der Waals surface area contributed by atoms with Gasteiger partial charge in [-0.3, -0.25) is 15.4 Å². The van der Waals surface area contributed by atoms with Crippen molar-refractivity contribution in [1.29, 1.82) is 10.8 Å². The molecule has 0 radical (unpaired) electrons. The van der Waals surface area contributed by atoms with Crippen LogP contribution in [0.4, 0.5) is 4.39 Å². The lowest BCUT2D eigenvalue weighted by Gasteiger charge is -2.30. The largest absolute Gasteiger partial charge is 0.484 e. The number of nitrogens with zero attached hydrogens (tertiary/aromatic N) is 1. The van der Waals surface area contributed by atoms with Gasteiger partial charge in [0.15, 0.2) is 0 Å². The normalized spacial score (nSPS) is 19.6. The van der Waals surface area contributed by atoms with Gasteiger partial charge in [0, 0.05) is 12.0 Å². The van der Waals surface area contributed by atoms with Crippen LogP contribution in [0.25, 0.3) is 0 Å². The number of hydrogen-bond donors (Lipinski definition) is 3. The van der Waals surface area contributed by atoms with Gasteiger partial charge in [0.1, 0.15) is 29.0 Å². The minimum atomic E-state index is -0.295. The van der Waals surface area contributed by atoms with Crippen LogP contribution in [0.2, 0.25) is 0 Å². The van der Waals surface area contributed by atoms with E-state index in [4.69, 9.17) is 21.3 Å². The highest BCUT2D eigenvalue weighted by molar-refractivity contribution is 5.83. The van der Waals surface area contributed by atoms with Crippen LogP contribution >= 0.6 is 0 Å². The van der Waals surface area contributed by atoms with Crippen molar-refractivity contribution in [2.75, 3.05) is 0 Å². The Balaban J connectivity index is 1.91. The molecule has 0 unspecified atom stereocenters. The molecule has 25 heavy (non-hydrogen) atoms. The third kappa shape index (κ3) is 3.49. The Morgan fingerprint density at radius 1 is 1.24 bits per heavy atom. The number of hydrogen-bond acceptors (Lipinski definition) is 4. The Bertz CT molecular complexity index is 859. The van der Waals surface area contributed by atoms with Gasteiger partial charge in [0.25, 0.3) is 0 Å². The van der Waals surface area contributed by atoms with Gasteiger partial charge in [-0.2, -0.15) is 0 Å². The van der Waals surface area contributed by atoms with E-state index in [1.165, 1.54) is 16.7 Å². The molecule has 0 aliphatic heterocycles. The third-order valence-electron chi connectivity index (χ3n) is 4.54. The molecular weight excluding hydrogens is 319 g/mol. The van der Waals surface area contributed by atoms with Crippen molar-refractivity contribution >= 4 is 5.84 Å². The van der Waals surface area contributed by atoms with E-state index in [-0.39, 0.29) is 29.4 Å². The summed E-state index contributed by atoms with van der Waals surface area (Å²) in [4.78, 5) is 0. The summed E-state index contributed by atoms with van der Waals surface area (Å²) in [5, 5.41) is 16.1. The molecule has 0 saturated carbocycles. The maximum atomic E-state index is 13.5. The summed E-state index contributed by atoms with van der Waals surface area (Å²) in [6, 6.07) is 7.81. The van der Waals surface area contributed by atoms with Crippen LogP contribution in [-0.4, -0.2) is 10.4 Å². The molecule has 1 aliphatic rings. The molecule has 0 saturated heterocycles. The summed E-state index contributed by atoms with van der Waals surface area (Å²) < 4.78 is 21.2. The molecule has 2 aromatic rings. The zero-order valence-corrected chi connectivity index (χ0v) is 14.4. The lowest BCUT2D eigenvalue weighted by atomic mass is 9.86. The first kappa shape index (κ1) is 17.4. The molecule has 2 atom stereocenters. The summed E-state index contributed by atoms with van der Waals surface area (Å²) in [6.07, 6.45) is 2.92. The predicted octanol–water partition coefficient (Wildman–Crippen LogP) is 3.50. The SMILES string of the molecule is CC(C)C(=N)n1cc(O[C@@H]2CC[C@H](N)c3cc(F)ccc32)ccc1=N. The van der Waals surface area contributed by atoms with Gasteiger partial charge >= 0.3 is 0 Å². The summed E-state index contributed by atoms with van der Waals surface area (Å²) >= 11 is 0. The van der Waals surface area contributed by atoms with Crippen LogP contribution in [0.15, 0.2) is 36.5 Å². The van der Waals surface area contributed by atoms with Crippen LogP contribution in [0.1, 0.15) is 50.0 Å². The smallest absolute Gasteiger partial charge is 0.137 e. The van der Waals surface area contributed by atoms with E-state index in [0.717, 1.165) is 24.0 Å². The first-order chi connectivity index (χ1) is 11.9. The zero-order chi connectivity index (χ0) is 18.1. The summed E-state index contributed by atoms with van der Waals surface area (Å²) in [5.74, 6) is 0.623. The lowest BCUT2D eigenvalue weighted by Crippen LogP contribution is -2.29. The number of fused-ring (bicyclic) bond motifs is 1. The Labute approximate surface area is 146 Å². The van der Waals surface area contributed by atoms with E-state index in [1.54, 1.807) is 24.4 Å². The monoisotopic (exact) mass is 342 g/mol. The van der Waals surface area contributed by atoms with Gasteiger partial charge in [0.05, 0.1) is 6.20 Å². The molecule has 4 N–H and O–H groups in total. The van der Waals surface area contributed by atoms with Gasteiger partial charge in [-0.05, 0) is 48.2 Å². The van der Waals surface area contributed by atoms with Crippen molar-refractivity contribution in [2.45, 2.75) is 38.8 Å². The fourth-order valence-electron chi connectivity index (χ4n) is 3.12. The van der Waals surface area contributed by atoms with E-state index >= 15 is 0 Å². The van der Waals surface area contributed by atoms with E-state index in [9.17, 15) is 4.39 Å². The van der Waals surface area contributed by atoms with Crippen LogP contribution in [-0.2, 0) is 0 Å². The first-order valence-electron chi connectivity index (χ1n) is 8.44. The quantitative estimate of drug-likeness (QED) is 0.589. The van der Waals surface area contributed by atoms with Gasteiger partial charge in [-0.1, -0.05) is 19.9 Å².